The molecule has 0 radical (unpaired) electrons. The highest BCUT2D eigenvalue weighted by Crippen LogP contribution is 2.13. The monoisotopic (exact) mass is 306 g/mol. The number of benzene rings is 1. The van der Waals surface area contributed by atoms with Crippen molar-refractivity contribution in [3.8, 4) is 0 Å². The summed E-state index contributed by atoms with van der Waals surface area (Å²) in [4.78, 5) is 14.0. The van der Waals surface area contributed by atoms with Crippen LogP contribution in [0.15, 0.2) is 35.3 Å². The van der Waals surface area contributed by atoms with Crippen molar-refractivity contribution in [1.82, 2.24) is 9.78 Å². The van der Waals surface area contributed by atoms with Crippen molar-refractivity contribution in [2.75, 3.05) is 19.0 Å². The van der Waals surface area contributed by atoms with Crippen molar-refractivity contribution < 1.29 is 4.39 Å². The van der Waals surface area contributed by atoms with Crippen molar-refractivity contribution in [3.63, 3.8) is 0 Å². The average Bonchev–Trinajstić information content (AvgIpc) is 2.40. The molecule has 0 atom stereocenters. The number of halogens is 1. The first kappa shape index (κ1) is 15.1. The Labute approximate surface area is 126 Å². The third-order valence-electron chi connectivity index (χ3n) is 3.02. The highest BCUT2D eigenvalue weighted by atomic mass is 32.1. The van der Waals surface area contributed by atoms with E-state index in [0.29, 0.717) is 16.8 Å². The number of nitrogens with zero attached hydrogens (tertiary/aromatic N) is 3. The lowest BCUT2D eigenvalue weighted by molar-refractivity contribution is 0.610. The Kier molecular flexibility index (Phi) is 4.32. The zero-order valence-corrected chi connectivity index (χ0v) is 12.5. The van der Waals surface area contributed by atoms with Gasteiger partial charge in [-0.1, -0.05) is 12.2 Å². The summed E-state index contributed by atoms with van der Waals surface area (Å²) in [5.41, 5.74) is 7.10. The summed E-state index contributed by atoms with van der Waals surface area (Å²) in [6, 6.07) is 5.56. The fourth-order valence-corrected chi connectivity index (χ4v) is 2.08. The molecule has 1 heterocycles. The van der Waals surface area contributed by atoms with Crippen LogP contribution in [0.5, 0.6) is 0 Å². The molecule has 0 unspecified atom stereocenters. The zero-order valence-electron chi connectivity index (χ0n) is 11.7. The van der Waals surface area contributed by atoms with Gasteiger partial charge in [0.05, 0.1) is 18.4 Å². The van der Waals surface area contributed by atoms with E-state index in [4.69, 9.17) is 18.0 Å². The molecule has 0 amide bonds. The van der Waals surface area contributed by atoms with Gasteiger partial charge in [-0.2, -0.15) is 5.10 Å². The Morgan fingerprint density at radius 2 is 2.14 bits per heavy atom. The van der Waals surface area contributed by atoms with Gasteiger partial charge < -0.3 is 10.6 Å². The molecule has 0 aliphatic carbocycles. The van der Waals surface area contributed by atoms with Gasteiger partial charge in [-0.15, -0.1) is 0 Å². The molecule has 0 aliphatic heterocycles. The van der Waals surface area contributed by atoms with E-state index in [2.05, 4.69) is 5.10 Å². The van der Waals surface area contributed by atoms with E-state index in [-0.39, 0.29) is 17.1 Å². The van der Waals surface area contributed by atoms with Crippen molar-refractivity contribution in [2.45, 2.75) is 6.54 Å². The van der Waals surface area contributed by atoms with Crippen molar-refractivity contribution in [1.29, 1.82) is 0 Å². The second-order valence-corrected chi connectivity index (χ2v) is 5.21. The smallest absolute Gasteiger partial charge is 0.269 e. The Balaban J connectivity index is 2.41. The van der Waals surface area contributed by atoms with Gasteiger partial charge in [-0.25, -0.2) is 9.07 Å². The van der Waals surface area contributed by atoms with Gasteiger partial charge in [0.1, 0.15) is 10.8 Å². The van der Waals surface area contributed by atoms with Crippen molar-refractivity contribution in [2.24, 2.45) is 5.73 Å². The lowest BCUT2D eigenvalue weighted by Gasteiger charge is -2.13. The summed E-state index contributed by atoms with van der Waals surface area (Å²) in [7, 11) is 3.64. The number of anilines is 1. The standard InChI is InChI=1S/C14H15FN4OS/c1-18(2)11-6-13(20)19(17-7-11)8-9-5-10(15)3-4-12(9)14(16)21/h3-7H,8H2,1-2H3,(H2,16,21). The normalized spacial score (nSPS) is 10.4. The fraction of sp³-hybridized carbons (Fsp3) is 0.214. The van der Waals surface area contributed by atoms with E-state index >= 15 is 0 Å². The highest BCUT2D eigenvalue weighted by molar-refractivity contribution is 7.80. The zero-order chi connectivity index (χ0) is 15.6. The van der Waals surface area contributed by atoms with Crippen LogP contribution in [-0.4, -0.2) is 28.9 Å². The first-order valence-corrected chi connectivity index (χ1v) is 6.62. The summed E-state index contributed by atoms with van der Waals surface area (Å²) < 4.78 is 14.6. The fourth-order valence-electron chi connectivity index (χ4n) is 1.88. The second kappa shape index (κ2) is 6.01. The minimum Gasteiger partial charge on any atom is -0.389 e. The average molecular weight is 306 g/mol. The quantitative estimate of drug-likeness (QED) is 0.858. The molecule has 21 heavy (non-hydrogen) atoms. The van der Waals surface area contributed by atoms with Gasteiger partial charge >= 0.3 is 0 Å². The minimum atomic E-state index is -0.414. The molecule has 2 aromatic rings. The van der Waals surface area contributed by atoms with Crippen LogP contribution < -0.4 is 16.2 Å². The predicted octanol–water partition coefficient (Wildman–Crippen LogP) is 1.13. The largest absolute Gasteiger partial charge is 0.389 e. The second-order valence-electron chi connectivity index (χ2n) is 4.77. The molecule has 7 heteroatoms. The summed E-state index contributed by atoms with van der Waals surface area (Å²) in [6.07, 6.45) is 1.57. The van der Waals surface area contributed by atoms with E-state index in [1.165, 1.54) is 28.9 Å². The molecule has 0 saturated heterocycles. The topological polar surface area (TPSA) is 64.2 Å². The summed E-state index contributed by atoms with van der Waals surface area (Å²) in [5, 5.41) is 4.08. The van der Waals surface area contributed by atoms with Gasteiger partial charge in [-0.05, 0) is 23.8 Å². The van der Waals surface area contributed by atoms with Crippen LogP contribution in [0.2, 0.25) is 0 Å². The highest BCUT2D eigenvalue weighted by Gasteiger charge is 2.09. The molecule has 2 rings (SSSR count). The number of thiocarbonyl (C=S) groups is 1. The van der Waals surface area contributed by atoms with Crippen molar-refractivity contribution >= 4 is 22.9 Å². The Morgan fingerprint density at radius 1 is 1.43 bits per heavy atom. The number of hydrogen-bond donors (Lipinski definition) is 1. The maximum atomic E-state index is 13.4. The predicted molar refractivity (Wildman–Crippen MR) is 84.2 cm³/mol. The van der Waals surface area contributed by atoms with Gasteiger partial charge in [0.2, 0.25) is 0 Å². The van der Waals surface area contributed by atoms with Gasteiger partial charge in [0.25, 0.3) is 5.56 Å². The number of nitrogens with two attached hydrogens (primary N) is 1. The minimum absolute atomic E-state index is 0.108. The Bertz CT molecular complexity index is 742. The number of rotatable bonds is 4. The molecular weight excluding hydrogens is 291 g/mol. The molecular formula is C14H15FN4OS. The van der Waals surface area contributed by atoms with Gasteiger partial charge in [-0.3, -0.25) is 4.79 Å². The van der Waals surface area contributed by atoms with Crippen LogP contribution in [0.3, 0.4) is 0 Å². The molecule has 0 saturated carbocycles. The molecule has 2 N–H and O–H groups in total. The lowest BCUT2D eigenvalue weighted by Crippen LogP contribution is -2.26. The first-order chi connectivity index (χ1) is 9.88. The van der Waals surface area contributed by atoms with Gasteiger partial charge in [0.15, 0.2) is 0 Å². The molecule has 5 nitrogen and oxygen atoms in total. The van der Waals surface area contributed by atoms with Crippen LogP contribution in [0.4, 0.5) is 10.1 Å². The SMILES string of the molecule is CN(C)c1cnn(Cc2cc(F)ccc2C(N)=S)c(=O)c1. The molecule has 110 valence electrons. The third-order valence-corrected chi connectivity index (χ3v) is 3.24. The van der Waals surface area contributed by atoms with Crippen LogP contribution in [-0.2, 0) is 6.54 Å². The van der Waals surface area contributed by atoms with Crippen LogP contribution in [0, 0.1) is 5.82 Å². The summed E-state index contributed by atoms with van der Waals surface area (Å²) >= 11 is 4.94. The number of aromatic nitrogens is 2. The summed E-state index contributed by atoms with van der Waals surface area (Å²) in [5.74, 6) is -0.414. The maximum absolute atomic E-state index is 13.4. The molecule has 1 aromatic heterocycles. The molecule has 0 bridgehead atoms. The molecule has 0 spiro atoms. The summed E-state index contributed by atoms with van der Waals surface area (Å²) in [6.45, 7) is 0.108. The van der Waals surface area contributed by atoms with Crippen LogP contribution in [0.1, 0.15) is 11.1 Å². The van der Waals surface area contributed by atoms with Crippen molar-refractivity contribution in [3.05, 3.63) is 57.8 Å². The lowest BCUT2D eigenvalue weighted by atomic mass is 10.1. The molecule has 0 fully saturated rings. The Hall–Kier alpha value is -2.28. The van der Waals surface area contributed by atoms with E-state index in [1.54, 1.807) is 11.1 Å². The molecule has 1 aromatic carbocycles. The number of hydrogen-bond acceptors (Lipinski definition) is 4. The maximum Gasteiger partial charge on any atom is 0.269 e. The third kappa shape index (κ3) is 3.43. The van der Waals surface area contributed by atoms with E-state index in [0.717, 1.165) is 0 Å². The van der Waals surface area contributed by atoms with Gasteiger partial charge in [0, 0.05) is 25.7 Å². The van der Waals surface area contributed by atoms with E-state index < -0.39 is 5.82 Å². The van der Waals surface area contributed by atoms with E-state index in [9.17, 15) is 9.18 Å². The molecule has 0 aliphatic rings. The Morgan fingerprint density at radius 3 is 2.71 bits per heavy atom. The van der Waals surface area contributed by atoms with Crippen LogP contribution in [0.25, 0.3) is 0 Å². The van der Waals surface area contributed by atoms with E-state index in [1.807, 2.05) is 14.1 Å². The van der Waals surface area contributed by atoms with Crippen LogP contribution >= 0.6 is 12.2 Å². The first-order valence-electron chi connectivity index (χ1n) is 6.21.